The molecule has 5 heteroatoms. The summed E-state index contributed by atoms with van der Waals surface area (Å²) in [5.74, 6) is 2.04. The predicted octanol–water partition coefficient (Wildman–Crippen LogP) is 3.41. The Kier molecular flexibility index (Phi) is 6.21. The number of hydrogen-bond acceptors (Lipinski definition) is 5. The first-order valence-corrected chi connectivity index (χ1v) is 7.56. The van der Waals surface area contributed by atoms with Gasteiger partial charge in [0.25, 0.3) is 0 Å². The fourth-order valence-electron chi connectivity index (χ4n) is 2.40. The summed E-state index contributed by atoms with van der Waals surface area (Å²) in [5.41, 5.74) is 1.86. The van der Waals surface area contributed by atoms with Crippen LogP contribution in [0.3, 0.4) is 0 Å². The fourth-order valence-corrected chi connectivity index (χ4v) is 2.40. The Bertz CT molecular complexity index is 679. The molecule has 2 aromatic carbocycles. The van der Waals surface area contributed by atoms with E-state index in [-0.39, 0.29) is 18.5 Å². The molecule has 1 unspecified atom stereocenters. The Labute approximate surface area is 142 Å². The summed E-state index contributed by atoms with van der Waals surface area (Å²) < 4.78 is 21.7. The highest BCUT2D eigenvalue weighted by Gasteiger charge is 2.18. The van der Waals surface area contributed by atoms with Gasteiger partial charge in [0.15, 0.2) is 5.78 Å². The smallest absolute Gasteiger partial charge is 0.167 e. The van der Waals surface area contributed by atoms with Crippen LogP contribution in [-0.2, 0) is 9.53 Å². The summed E-state index contributed by atoms with van der Waals surface area (Å²) in [6, 6.07) is 13.1. The third-order valence-electron chi connectivity index (χ3n) is 3.58. The van der Waals surface area contributed by atoms with Crippen LogP contribution in [0.5, 0.6) is 17.2 Å². The lowest BCUT2D eigenvalue weighted by Crippen LogP contribution is -2.08. The first kappa shape index (κ1) is 17.8. The number of ether oxygens (including phenoxy) is 4. The van der Waals surface area contributed by atoms with Crippen molar-refractivity contribution in [3.05, 3.63) is 53.6 Å². The maximum atomic E-state index is 11.0. The normalized spacial score (nSPS) is 11.7. The van der Waals surface area contributed by atoms with E-state index in [4.69, 9.17) is 18.9 Å². The number of hydrogen-bond donors (Lipinski definition) is 0. The quantitative estimate of drug-likeness (QED) is 0.742. The van der Waals surface area contributed by atoms with Gasteiger partial charge in [-0.25, -0.2) is 0 Å². The number of benzene rings is 2. The Hall–Kier alpha value is -2.53. The number of carbonyl (C=O) groups is 1. The monoisotopic (exact) mass is 330 g/mol. The van der Waals surface area contributed by atoms with Crippen molar-refractivity contribution in [2.45, 2.75) is 13.0 Å². The van der Waals surface area contributed by atoms with Gasteiger partial charge in [0.2, 0.25) is 0 Å². The predicted molar refractivity (Wildman–Crippen MR) is 91.0 cm³/mol. The Morgan fingerprint density at radius 2 is 1.62 bits per heavy atom. The molecule has 0 spiro atoms. The highest BCUT2D eigenvalue weighted by molar-refractivity contribution is 5.77. The molecule has 0 amide bonds. The van der Waals surface area contributed by atoms with Gasteiger partial charge in [-0.05, 0) is 36.8 Å². The van der Waals surface area contributed by atoms with Crippen LogP contribution in [0.1, 0.15) is 24.2 Å². The largest absolute Gasteiger partial charge is 0.497 e. The molecular formula is C19H22O5. The van der Waals surface area contributed by atoms with E-state index in [1.165, 1.54) is 6.92 Å². The van der Waals surface area contributed by atoms with E-state index in [0.29, 0.717) is 11.5 Å². The standard InChI is InChI=1S/C19H22O5/c1-13(20)12-24-15-7-5-14(6-8-15)19(23-4)17-10-9-16(21-2)11-18(17)22-3/h5-11,19H,12H2,1-4H3. The van der Waals surface area contributed by atoms with Gasteiger partial charge in [0.1, 0.15) is 30.0 Å². The van der Waals surface area contributed by atoms with Crippen molar-refractivity contribution < 1.29 is 23.7 Å². The molecule has 2 rings (SSSR count). The maximum absolute atomic E-state index is 11.0. The van der Waals surface area contributed by atoms with E-state index in [1.54, 1.807) is 21.3 Å². The molecule has 0 saturated heterocycles. The fraction of sp³-hybridized carbons (Fsp3) is 0.316. The van der Waals surface area contributed by atoms with Crippen LogP contribution in [0.4, 0.5) is 0 Å². The molecule has 0 aliphatic rings. The highest BCUT2D eigenvalue weighted by Crippen LogP contribution is 2.35. The molecule has 0 aromatic heterocycles. The molecule has 0 saturated carbocycles. The van der Waals surface area contributed by atoms with Crippen molar-refractivity contribution >= 4 is 5.78 Å². The lowest BCUT2D eigenvalue weighted by molar-refractivity contribution is -0.118. The van der Waals surface area contributed by atoms with Crippen molar-refractivity contribution in [2.24, 2.45) is 0 Å². The van der Waals surface area contributed by atoms with Gasteiger partial charge in [-0.1, -0.05) is 12.1 Å². The van der Waals surface area contributed by atoms with Gasteiger partial charge in [0, 0.05) is 18.7 Å². The second-order valence-electron chi connectivity index (χ2n) is 5.28. The zero-order valence-electron chi connectivity index (χ0n) is 14.4. The molecule has 0 aliphatic carbocycles. The second kappa shape index (κ2) is 8.36. The lowest BCUT2D eigenvalue weighted by atomic mass is 10.00. The first-order valence-electron chi connectivity index (χ1n) is 7.56. The molecule has 0 heterocycles. The molecule has 2 aromatic rings. The van der Waals surface area contributed by atoms with Crippen molar-refractivity contribution in [2.75, 3.05) is 27.9 Å². The van der Waals surface area contributed by atoms with Crippen LogP contribution in [-0.4, -0.2) is 33.7 Å². The Morgan fingerprint density at radius 3 is 2.17 bits per heavy atom. The third-order valence-corrected chi connectivity index (χ3v) is 3.58. The van der Waals surface area contributed by atoms with Crippen LogP contribution in [0, 0.1) is 0 Å². The van der Waals surface area contributed by atoms with Crippen LogP contribution in [0.25, 0.3) is 0 Å². The van der Waals surface area contributed by atoms with Gasteiger partial charge >= 0.3 is 0 Å². The van der Waals surface area contributed by atoms with Gasteiger partial charge in [-0.3, -0.25) is 4.79 Å². The molecule has 5 nitrogen and oxygen atoms in total. The number of rotatable bonds is 8. The van der Waals surface area contributed by atoms with E-state index in [9.17, 15) is 4.79 Å². The summed E-state index contributed by atoms with van der Waals surface area (Å²) in [6.45, 7) is 1.56. The SMILES string of the molecule is COc1ccc(C(OC)c2ccc(OCC(C)=O)cc2)c(OC)c1. The molecule has 0 fully saturated rings. The Balaban J connectivity index is 2.26. The maximum Gasteiger partial charge on any atom is 0.167 e. The molecule has 0 aliphatic heterocycles. The highest BCUT2D eigenvalue weighted by atomic mass is 16.5. The summed E-state index contributed by atoms with van der Waals surface area (Å²) in [7, 11) is 4.88. The van der Waals surface area contributed by atoms with E-state index in [2.05, 4.69) is 0 Å². The number of ketones is 1. The third kappa shape index (κ3) is 4.26. The minimum absolute atomic E-state index is 0.0168. The molecular weight excluding hydrogens is 308 g/mol. The van der Waals surface area contributed by atoms with Crippen LogP contribution < -0.4 is 14.2 Å². The summed E-state index contributed by atoms with van der Waals surface area (Å²) in [4.78, 5) is 11.0. The van der Waals surface area contributed by atoms with Crippen LogP contribution in [0.15, 0.2) is 42.5 Å². The molecule has 24 heavy (non-hydrogen) atoms. The number of Topliss-reactive ketones (excluding diaryl/α,β-unsaturated/α-hetero) is 1. The van der Waals surface area contributed by atoms with Crippen molar-refractivity contribution in [3.63, 3.8) is 0 Å². The minimum Gasteiger partial charge on any atom is -0.497 e. The summed E-state index contributed by atoms with van der Waals surface area (Å²) >= 11 is 0. The molecule has 128 valence electrons. The summed E-state index contributed by atoms with van der Waals surface area (Å²) in [6.07, 6.45) is -0.285. The number of methoxy groups -OCH3 is 3. The van der Waals surface area contributed by atoms with Crippen molar-refractivity contribution in [1.29, 1.82) is 0 Å². The van der Waals surface area contributed by atoms with Crippen molar-refractivity contribution in [1.82, 2.24) is 0 Å². The molecule has 0 bridgehead atoms. The van der Waals surface area contributed by atoms with Crippen LogP contribution >= 0.6 is 0 Å². The molecule has 0 N–H and O–H groups in total. The first-order chi connectivity index (χ1) is 11.6. The average molecular weight is 330 g/mol. The van der Waals surface area contributed by atoms with Gasteiger partial charge < -0.3 is 18.9 Å². The molecule has 0 radical (unpaired) electrons. The zero-order chi connectivity index (χ0) is 17.5. The lowest BCUT2D eigenvalue weighted by Gasteiger charge is -2.20. The summed E-state index contributed by atoms with van der Waals surface area (Å²) in [5, 5.41) is 0. The van der Waals surface area contributed by atoms with E-state index >= 15 is 0 Å². The van der Waals surface area contributed by atoms with Crippen LogP contribution in [0.2, 0.25) is 0 Å². The van der Waals surface area contributed by atoms with Gasteiger partial charge in [-0.2, -0.15) is 0 Å². The minimum atomic E-state index is -0.285. The van der Waals surface area contributed by atoms with E-state index in [1.807, 2.05) is 42.5 Å². The van der Waals surface area contributed by atoms with Gasteiger partial charge in [0.05, 0.1) is 14.2 Å². The van der Waals surface area contributed by atoms with E-state index < -0.39 is 0 Å². The van der Waals surface area contributed by atoms with E-state index in [0.717, 1.165) is 16.9 Å². The molecule has 1 atom stereocenters. The topological polar surface area (TPSA) is 54.0 Å². The van der Waals surface area contributed by atoms with Gasteiger partial charge in [-0.15, -0.1) is 0 Å². The van der Waals surface area contributed by atoms with Crippen molar-refractivity contribution in [3.8, 4) is 17.2 Å². The average Bonchev–Trinajstić information content (AvgIpc) is 2.61. The zero-order valence-corrected chi connectivity index (χ0v) is 14.4. The number of carbonyl (C=O) groups excluding carboxylic acids is 1. The second-order valence-corrected chi connectivity index (χ2v) is 5.28. The Morgan fingerprint density at radius 1 is 0.958 bits per heavy atom.